The largest absolute Gasteiger partial charge is 0.497 e. The molecule has 3 aromatic rings. The fourth-order valence-electron chi connectivity index (χ4n) is 2.12. The number of fused-ring (bicyclic) bond motifs is 1. The van der Waals surface area contributed by atoms with Crippen LogP contribution in [0.15, 0.2) is 55.1 Å². The van der Waals surface area contributed by atoms with Crippen molar-refractivity contribution in [1.82, 2.24) is 9.97 Å². The predicted octanol–water partition coefficient (Wildman–Crippen LogP) is 3.95. The number of aromatic nitrogens is 2. The van der Waals surface area contributed by atoms with E-state index in [4.69, 9.17) is 9.72 Å². The van der Waals surface area contributed by atoms with Crippen molar-refractivity contribution in [2.75, 3.05) is 7.11 Å². The first kappa shape index (κ1) is 12.4. The standard InChI is InChI=1S/C17H14N2O/c1-3-14-17(12-8-10-13(20-2)11-9-12)19-16-7-5-4-6-15(16)18-14/h3-11H,1H2,2H3. The zero-order valence-corrected chi connectivity index (χ0v) is 11.2. The van der Waals surface area contributed by atoms with Crippen molar-refractivity contribution in [2.45, 2.75) is 0 Å². The van der Waals surface area contributed by atoms with Gasteiger partial charge in [-0.05, 0) is 42.5 Å². The Balaban J connectivity index is 2.19. The number of benzene rings is 2. The molecule has 20 heavy (non-hydrogen) atoms. The van der Waals surface area contributed by atoms with Gasteiger partial charge in [-0.3, -0.25) is 0 Å². The highest BCUT2D eigenvalue weighted by molar-refractivity contribution is 5.81. The van der Waals surface area contributed by atoms with Gasteiger partial charge in [0.25, 0.3) is 0 Å². The van der Waals surface area contributed by atoms with Crippen LogP contribution in [0, 0.1) is 0 Å². The third kappa shape index (κ3) is 2.14. The average Bonchev–Trinajstić information content (AvgIpc) is 2.53. The molecular weight excluding hydrogens is 248 g/mol. The van der Waals surface area contributed by atoms with Crippen LogP contribution in [0.25, 0.3) is 28.4 Å². The zero-order valence-electron chi connectivity index (χ0n) is 11.2. The van der Waals surface area contributed by atoms with Crippen LogP contribution in [-0.2, 0) is 0 Å². The molecule has 0 bridgehead atoms. The Morgan fingerprint density at radius 1 is 0.950 bits per heavy atom. The minimum atomic E-state index is 0.786. The molecule has 3 nitrogen and oxygen atoms in total. The van der Waals surface area contributed by atoms with Gasteiger partial charge in [0, 0.05) is 5.56 Å². The van der Waals surface area contributed by atoms with E-state index in [0.29, 0.717) is 0 Å². The third-order valence-corrected chi connectivity index (χ3v) is 3.15. The molecule has 1 heterocycles. The van der Waals surface area contributed by atoms with Gasteiger partial charge in [-0.15, -0.1) is 0 Å². The van der Waals surface area contributed by atoms with E-state index in [-0.39, 0.29) is 0 Å². The van der Waals surface area contributed by atoms with Crippen molar-refractivity contribution in [3.05, 3.63) is 60.8 Å². The first-order chi connectivity index (χ1) is 9.81. The molecule has 0 spiro atoms. The molecule has 0 atom stereocenters. The van der Waals surface area contributed by atoms with Crippen LogP contribution in [0.3, 0.4) is 0 Å². The van der Waals surface area contributed by atoms with Crippen LogP contribution in [0.4, 0.5) is 0 Å². The number of methoxy groups -OCH3 is 1. The molecule has 0 saturated heterocycles. The molecule has 0 amide bonds. The third-order valence-electron chi connectivity index (χ3n) is 3.15. The first-order valence-electron chi connectivity index (χ1n) is 6.35. The van der Waals surface area contributed by atoms with Gasteiger partial charge in [-0.25, -0.2) is 9.97 Å². The molecule has 0 fully saturated rings. The number of para-hydroxylation sites is 2. The highest BCUT2D eigenvalue weighted by Crippen LogP contribution is 2.25. The van der Waals surface area contributed by atoms with Gasteiger partial charge < -0.3 is 4.74 Å². The van der Waals surface area contributed by atoms with Crippen molar-refractivity contribution in [3.8, 4) is 17.0 Å². The molecule has 98 valence electrons. The summed E-state index contributed by atoms with van der Waals surface area (Å²) in [7, 11) is 1.65. The van der Waals surface area contributed by atoms with Crippen molar-refractivity contribution < 1.29 is 4.74 Å². The summed E-state index contributed by atoms with van der Waals surface area (Å²) >= 11 is 0. The maximum Gasteiger partial charge on any atom is 0.118 e. The lowest BCUT2D eigenvalue weighted by Gasteiger charge is -2.08. The van der Waals surface area contributed by atoms with Crippen LogP contribution in [0.2, 0.25) is 0 Å². The van der Waals surface area contributed by atoms with Crippen molar-refractivity contribution in [3.63, 3.8) is 0 Å². The van der Waals surface area contributed by atoms with Crippen molar-refractivity contribution in [2.24, 2.45) is 0 Å². The van der Waals surface area contributed by atoms with Crippen molar-refractivity contribution in [1.29, 1.82) is 0 Å². The molecule has 0 aliphatic carbocycles. The van der Waals surface area contributed by atoms with E-state index in [1.165, 1.54) is 0 Å². The fourth-order valence-corrected chi connectivity index (χ4v) is 2.12. The highest BCUT2D eigenvalue weighted by atomic mass is 16.5. The lowest BCUT2D eigenvalue weighted by molar-refractivity contribution is 0.415. The van der Waals surface area contributed by atoms with Crippen LogP contribution >= 0.6 is 0 Å². The van der Waals surface area contributed by atoms with E-state index >= 15 is 0 Å². The van der Waals surface area contributed by atoms with Crippen LogP contribution in [0.1, 0.15) is 5.69 Å². The quantitative estimate of drug-likeness (QED) is 0.717. The lowest BCUT2D eigenvalue weighted by Crippen LogP contribution is -1.94. The molecule has 2 aromatic carbocycles. The molecule has 1 aromatic heterocycles. The minimum absolute atomic E-state index is 0.786. The Labute approximate surface area is 117 Å². The van der Waals surface area contributed by atoms with Crippen LogP contribution < -0.4 is 4.74 Å². The smallest absolute Gasteiger partial charge is 0.118 e. The second kappa shape index (κ2) is 5.13. The molecular formula is C17H14N2O. The summed E-state index contributed by atoms with van der Waals surface area (Å²) in [6.45, 7) is 3.83. The Morgan fingerprint density at radius 3 is 2.20 bits per heavy atom. The number of nitrogens with zero attached hydrogens (tertiary/aromatic N) is 2. The van der Waals surface area contributed by atoms with E-state index < -0.39 is 0 Å². The number of hydrogen-bond donors (Lipinski definition) is 0. The van der Waals surface area contributed by atoms with E-state index in [9.17, 15) is 0 Å². The van der Waals surface area contributed by atoms with Crippen molar-refractivity contribution >= 4 is 17.1 Å². The summed E-state index contributed by atoms with van der Waals surface area (Å²) < 4.78 is 5.18. The monoisotopic (exact) mass is 262 g/mol. The van der Waals surface area contributed by atoms with Gasteiger partial charge in [0.05, 0.1) is 29.5 Å². The Morgan fingerprint density at radius 2 is 1.60 bits per heavy atom. The Hall–Kier alpha value is -2.68. The first-order valence-corrected chi connectivity index (χ1v) is 6.35. The molecule has 0 radical (unpaired) electrons. The number of ether oxygens (including phenoxy) is 1. The van der Waals surface area contributed by atoms with E-state index in [2.05, 4.69) is 11.6 Å². The Bertz CT molecular complexity index is 764. The zero-order chi connectivity index (χ0) is 13.9. The summed E-state index contributed by atoms with van der Waals surface area (Å²) in [6, 6.07) is 15.6. The maximum absolute atomic E-state index is 5.18. The molecule has 0 aliphatic heterocycles. The molecule has 0 aliphatic rings. The summed E-state index contributed by atoms with van der Waals surface area (Å²) in [5.74, 6) is 0.822. The number of hydrogen-bond acceptors (Lipinski definition) is 3. The molecule has 0 N–H and O–H groups in total. The minimum Gasteiger partial charge on any atom is -0.497 e. The second-order valence-electron chi connectivity index (χ2n) is 4.38. The maximum atomic E-state index is 5.18. The predicted molar refractivity (Wildman–Crippen MR) is 81.6 cm³/mol. The molecule has 0 saturated carbocycles. The van der Waals surface area contributed by atoms with Gasteiger partial charge in [0.15, 0.2) is 0 Å². The topological polar surface area (TPSA) is 35.0 Å². The normalized spacial score (nSPS) is 10.4. The second-order valence-corrected chi connectivity index (χ2v) is 4.38. The SMILES string of the molecule is C=Cc1nc2ccccc2nc1-c1ccc(OC)cc1. The Kier molecular flexibility index (Phi) is 3.17. The van der Waals surface area contributed by atoms with E-state index in [1.54, 1.807) is 13.2 Å². The summed E-state index contributed by atoms with van der Waals surface area (Å²) in [5.41, 5.74) is 4.37. The fraction of sp³-hybridized carbons (Fsp3) is 0.0588. The summed E-state index contributed by atoms with van der Waals surface area (Å²) in [4.78, 5) is 9.30. The van der Waals surface area contributed by atoms with Gasteiger partial charge in [-0.1, -0.05) is 18.7 Å². The number of rotatable bonds is 3. The molecule has 0 unspecified atom stereocenters. The van der Waals surface area contributed by atoms with E-state index in [1.807, 2.05) is 48.5 Å². The van der Waals surface area contributed by atoms with Gasteiger partial charge in [0.1, 0.15) is 5.75 Å². The van der Waals surface area contributed by atoms with E-state index in [0.717, 1.165) is 33.7 Å². The van der Waals surface area contributed by atoms with Crippen LogP contribution in [-0.4, -0.2) is 17.1 Å². The average molecular weight is 262 g/mol. The highest BCUT2D eigenvalue weighted by Gasteiger charge is 2.08. The molecule has 3 heteroatoms. The molecule has 3 rings (SSSR count). The lowest BCUT2D eigenvalue weighted by atomic mass is 10.1. The van der Waals surface area contributed by atoms with Gasteiger partial charge >= 0.3 is 0 Å². The summed E-state index contributed by atoms with van der Waals surface area (Å²) in [6.07, 6.45) is 1.74. The van der Waals surface area contributed by atoms with Gasteiger partial charge in [-0.2, -0.15) is 0 Å². The van der Waals surface area contributed by atoms with Crippen LogP contribution in [0.5, 0.6) is 5.75 Å². The van der Waals surface area contributed by atoms with Gasteiger partial charge in [0.2, 0.25) is 0 Å². The summed E-state index contributed by atoms with van der Waals surface area (Å²) in [5, 5.41) is 0.